The van der Waals surface area contributed by atoms with Crippen LogP contribution in [0.5, 0.6) is 0 Å². The molecule has 0 bridgehead atoms. The van der Waals surface area contributed by atoms with Gasteiger partial charge in [0.2, 0.25) is 10.0 Å². The third kappa shape index (κ3) is 7.85. The third-order valence-electron chi connectivity index (χ3n) is 2.26. The Balaban J connectivity index is 4.34. The molecule has 0 heterocycles. The maximum atomic E-state index is 11.9. The molecule has 1 atom stereocenters. The molecule has 5 nitrogen and oxygen atoms in total. The van der Waals surface area contributed by atoms with Crippen LogP contribution in [-0.2, 0) is 19.5 Å². The second-order valence-electron chi connectivity index (χ2n) is 4.09. The number of alkyl halides is 3. The Morgan fingerprint density at radius 1 is 1.22 bits per heavy atom. The summed E-state index contributed by atoms with van der Waals surface area (Å²) in [5.41, 5.74) is -0.917. The van der Waals surface area contributed by atoms with Gasteiger partial charge in [-0.1, -0.05) is 0 Å². The number of methoxy groups -OCH3 is 2. The van der Waals surface area contributed by atoms with Gasteiger partial charge in [0.05, 0.1) is 18.8 Å². The van der Waals surface area contributed by atoms with E-state index in [0.717, 1.165) is 0 Å². The molecule has 0 amide bonds. The number of ether oxygens (including phenoxy) is 2. The van der Waals surface area contributed by atoms with Gasteiger partial charge in [-0.05, 0) is 6.92 Å². The highest BCUT2D eigenvalue weighted by atomic mass is 32.2. The Morgan fingerprint density at radius 3 is 2.17 bits per heavy atom. The lowest BCUT2D eigenvalue weighted by Crippen LogP contribution is -2.46. The summed E-state index contributed by atoms with van der Waals surface area (Å²) in [5, 5.41) is 0. The molecule has 0 saturated carbocycles. The van der Waals surface area contributed by atoms with E-state index in [1.165, 1.54) is 14.2 Å². The lowest BCUT2D eigenvalue weighted by atomic mass is 10.1. The minimum absolute atomic E-state index is 0.116. The molecule has 0 rings (SSSR count). The van der Waals surface area contributed by atoms with Crippen molar-refractivity contribution in [3.63, 3.8) is 0 Å². The Bertz CT molecular complexity index is 344. The van der Waals surface area contributed by atoms with Crippen molar-refractivity contribution in [1.29, 1.82) is 0 Å². The van der Waals surface area contributed by atoms with E-state index >= 15 is 0 Å². The minimum Gasteiger partial charge on any atom is -0.382 e. The number of rotatable bonds is 8. The van der Waals surface area contributed by atoms with Crippen LogP contribution >= 0.6 is 0 Å². The molecule has 0 unspecified atom stereocenters. The zero-order valence-corrected chi connectivity index (χ0v) is 11.3. The van der Waals surface area contributed by atoms with Crippen molar-refractivity contribution < 1.29 is 31.1 Å². The Kier molecular flexibility index (Phi) is 6.55. The predicted octanol–water partition coefficient (Wildman–Crippen LogP) is 0.910. The van der Waals surface area contributed by atoms with Gasteiger partial charge < -0.3 is 9.47 Å². The van der Waals surface area contributed by atoms with E-state index in [1.807, 2.05) is 0 Å². The average molecular weight is 293 g/mol. The molecule has 0 aliphatic rings. The first-order valence-corrected chi connectivity index (χ1v) is 6.77. The molecular weight excluding hydrogens is 275 g/mol. The summed E-state index contributed by atoms with van der Waals surface area (Å²) >= 11 is 0. The first kappa shape index (κ1) is 17.6. The van der Waals surface area contributed by atoms with Crippen LogP contribution < -0.4 is 4.72 Å². The molecule has 0 aromatic carbocycles. The highest BCUT2D eigenvalue weighted by Gasteiger charge is 2.31. The summed E-state index contributed by atoms with van der Waals surface area (Å²) in [6.45, 7) is 1.55. The molecule has 18 heavy (non-hydrogen) atoms. The summed E-state index contributed by atoms with van der Waals surface area (Å²) < 4.78 is 70.4. The normalized spacial score (nSPS) is 16.6. The van der Waals surface area contributed by atoms with Crippen molar-refractivity contribution >= 4 is 10.0 Å². The molecule has 0 radical (unpaired) electrons. The number of sulfonamides is 1. The zero-order valence-electron chi connectivity index (χ0n) is 10.5. The monoisotopic (exact) mass is 293 g/mol. The average Bonchev–Trinajstić information content (AvgIpc) is 2.24. The lowest BCUT2D eigenvalue weighted by molar-refractivity contribution is -0.130. The van der Waals surface area contributed by atoms with Crippen LogP contribution in [0.1, 0.15) is 13.3 Å². The van der Waals surface area contributed by atoms with Crippen molar-refractivity contribution in [1.82, 2.24) is 4.72 Å². The quantitative estimate of drug-likeness (QED) is 0.722. The van der Waals surface area contributed by atoms with Crippen LogP contribution in [0.15, 0.2) is 0 Å². The number of nitrogens with one attached hydrogen (secondary N) is 1. The number of halogens is 3. The van der Waals surface area contributed by atoms with E-state index in [-0.39, 0.29) is 13.2 Å². The van der Waals surface area contributed by atoms with Crippen molar-refractivity contribution in [3.05, 3.63) is 0 Å². The topological polar surface area (TPSA) is 64.6 Å². The van der Waals surface area contributed by atoms with E-state index in [2.05, 4.69) is 4.72 Å². The zero-order chi connectivity index (χ0) is 14.4. The molecule has 9 heteroatoms. The van der Waals surface area contributed by atoms with Crippen molar-refractivity contribution in [2.24, 2.45) is 0 Å². The molecule has 0 aliphatic carbocycles. The number of hydrogen-bond donors (Lipinski definition) is 1. The molecule has 0 aromatic rings. The van der Waals surface area contributed by atoms with Gasteiger partial charge in [-0.15, -0.1) is 0 Å². The molecular formula is C9H18F3NO4S. The summed E-state index contributed by atoms with van der Waals surface area (Å²) in [6.07, 6.45) is -5.87. The van der Waals surface area contributed by atoms with Gasteiger partial charge in [-0.2, -0.15) is 13.2 Å². The van der Waals surface area contributed by atoms with Gasteiger partial charge >= 0.3 is 6.18 Å². The van der Waals surface area contributed by atoms with E-state index in [1.54, 1.807) is 6.92 Å². The standard InChI is InChI=1S/C9H18F3NO4S/c1-8(17-3,7-16-2)6-13-18(14,15)5-4-9(10,11)12/h13H,4-7H2,1-3H3/t8-/m0/s1. The predicted molar refractivity (Wildman–Crippen MR) is 59.8 cm³/mol. The fraction of sp³-hybridized carbons (Fsp3) is 1.00. The maximum Gasteiger partial charge on any atom is 0.390 e. The molecule has 0 aromatic heterocycles. The minimum atomic E-state index is -4.49. The highest BCUT2D eigenvalue weighted by Crippen LogP contribution is 2.20. The van der Waals surface area contributed by atoms with Crippen LogP contribution in [-0.4, -0.2) is 53.3 Å². The van der Waals surface area contributed by atoms with Crippen LogP contribution in [0.2, 0.25) is 0 Å². The van der Waals surface area contributed by atoms with Gasteiger partial charge in [0.25, 0.3) is 0 Å². The first-order chi connectivity index (χ1) is 8.04. The van der Waals surface area contributed by atoms with Gasteiger partial charge in [0.15, 0.2) is 0 Å². The molecule has 1 N–H and O–H groups in total. The summed E-state index contributed by atoms with van der Waals surface area (Å²) in [4.78, 5) is 0. The van der Waals surface area contributed by atoms with Gasteiger partial charge in [-0.3, -0.25) is 0 Å². The Labute approximate surface area is 105 Å². The third-order valence-corrected chi connectivity index (χ3v) is 3.59. The lowest BCUT2D eigenvalue weighted by Gasteiger charge is -2.27. The molecule has 110 valence electrons. The molecule has 0 fully saturated rings. The van der Waals surface area contributed by atoms with Crippen LogP contribution in [0.25, 0.3) is 0 Å². The van der Waals surface area contributed by atoms with Gasteiger partial charge in [-0.25, -0.2) is 13.1 Å². The van der Waals surface area contributed by atoms with E-state index < -0.39 is 34.0 Å². The van der Waals surface area contributed by atoms with Crippen molar-refractivity contribution in [2.75, 3.05) is 33.1 Å². The first-order valence-electron chi connectivity index (χ1n) is 5.12. The maximum absolute atomic E-state index is 11.9. The van der Waals surface area contributed by atoms with E-state index in [0.29, 0.717) is 0 Å². The van der Waals surface area contributed by atoms with Crippen molar-refractivity contribution in [3.8, 4) is 0 Å². The summed E-state index contributed by atoms with van der Waals surface area (Å²) in [7, 11) is -1.21. The SMILES string of the molecule is COC[C@](C)(CNS(=O)(=O)CCC(F)(F)F)OC. The Hall–Kier alpha value is -0.380. The molecule has 0 saturated heterocycles. The largest absolute Gasteiger partial charge is 0.390 e. The molecule has 0 aliphatic heterocycles. The smallest absolute Gasteiger partial charge is 0.382 e. The number of hydrogen-bond acceptors (Lipinski definition) is 4. The van der Waals surface area contributed by atoms with Crippen molar-refractivity contribution in [2.45, 2.75) is 25.1 Å². The summed E-state index contributed by atoms with van der Waals surface area (Å²) in [5.74, 6) is -0.997. The highest BCUT2D eigenvalue weighted by molar-refractivity contribution is 7.89. The van der Waals surface area contributed by atoms with E-state index in [9.17, 15) is 21.6 Å². The second-order valence-corrected chi connectivity index (χ2v) is 6.02. The fourth-order valence-electron chi connectivity index (χ4n) is 1.07. The van der Waals surface area contributed by atoms with Gasteiger partial charge in [0, 0.05) is 20.8 Å². The Morgan fingerprint density at radius 2 is 1.78 bits per heavy atom. The van der Waals surface area contributed by atoms with Gasteiger partial charge in [0.1, 0.15) is 5.60 Å². The molecule has 0 spiro atoms. The fourth-order valence-corrected chi connectivity index (χ4v) is 2.24. The van der Waals surface area contributed by atoms with Crippen LogP contribution in [0.3, 0.4) is 0 Å². The van der Waals surface area contributed by atoms with Crippen LogP contribution in [0, 0.1) is 0 Å². The summed E-state index contributed by atoms with van der Waals surface area (Å²) in [6, 6.07) is 0. The second kappa shape index (κ2) is 6.69. The van der Waals surface area contributed by atoms with Crippen LogP contribution in [0.4, 0.5) is 13.2 Å². The van der Waals surface area contributed by atoms with E-state index in [4.69, 9.17) is 9.47 Å².